The molecule has 0 aliphatic rings. The van der Waals surface area contributed by atoms with Crippen LogP contribution in [0.25, 0.3) is 0 Å². The second-order valence-corrected chi connectivity index (χ2v) is 3.81. The Labute approximate surface area is 100 Å². The fraction of sp³-hybridized carbons (Fsp3) is 0.385. The maximum Gasteiger partial charge on any atom is 0.335 e. The van der Waals surface area contributed by atoms with Gasteiger partial charge in [-0.2, -0.15) is 0 Å². The molecule has 0 aliphatic carbocycles. The van der Waals surface area contributed by atoms with Crippen molar-refractivity contribution in [3.05, 3.63) is 35.4 Å². The summed E-state index contributed by atoms with van der Waals surface area (Å²) in [5.41, 5.74) is 0.950. The molecule has 1 atom stereocenters. The normalized spacial score (nSPS) is 11.9. The first-order valence-electron chi connectivity index (χ1n) is 5.53. The molecule has 4 nitrogen and oxygen atoms in total. The van der Waals surface area contributed by atoms with E-state index in [0.29, 0.717) is 18.4 Å². The lowest BCUT2D eigenvalue weighted by molar-refractivity contribution is -0.146. The molecule has 0 aliphatic heterocycles. The van der Waals surface area contributed by atoms with Crippen LogP contribution in [-0.4, -0.2) is 23.1 Å². The molecule has 1 N–H and O–H groups in total. The average molecular weight is 236 g/mol. The Morgan fingerprint density at radius 2 is 2.00 bits per heavy atom. The van der Waals surface area contributed by atoms with Gasteiger partial charge in [0.05, 0.1) is 5.56 Å². The van der Waals surface area contributed by atoms with Gasteiger partial charge in [0.15, 0.2) is 0 Å². The Morgan fingerprint density at radius 1 is 1.35 bits per heavy atom. The number of ether oxygens (including phenoxy) is 1. The maximum absolute atomic E-state index is 11.0. The highest BCUT2D eigenvalue weighted by atomic mass is 16.5. The standard InChI is InChI=1S/C13H16O4/c1-3-11(17-9(2)14)8-10-6-4-5-7-12(10)13(15)16/h4-7,11H,3,8H2,1-2H3,(H,15,16). The van der Waals surface area contributed by atoms with Gasteiger partial charge < -0.3 is 9.84 Å². The van der Waals surface area contributed by atoms with E-state index in [2.05, 4.69) is 0 Å². The molecular weight excluding hydrogens is 220 g/mol. The molecule has 0 saturated heterocycles. The molecule has 1 unspecified atom stereocenters. The topological polar surface area (TPSA) is 63.6 Å². The van der Waals surface area contributed by atoms with Crippen LogP contribution >= 0.6 is 0 Å². The maximum atomic E-state index is 11.0. The molecule has 0 radical (unpaired) electrons. The molecule has 0 fully saturated rings. The number of carbonyl (C=O) groups excluding carboxylic acids is 1. The zero-order chi connectivity index (χ0) is 12.8. The first-order chi connectivity index (χ1) is 8.04. The van der Waals surface area contributed by atoms with Crippen LogP contribution in [-0.2, 0) is 16.0 Å². The predicted molar refractivity (Wildman–Crippen MR) is 63.0 cm³/mol. The molecule has 1 aromatic rings. The van der Waals surface area contributed by atoms with Gasteiger partial charge >= 0.3 is 11.9 Å². The van der Waals surface area contributed by atoms with Crippen molar-refractivity contribution >= 4 is 11.9 Å². The van der Waals surface area contributed by atoms with Gasteiger partial charge in [-0.25, -0.2) is 4.79 Å². The fourth-order valence-electron chi connectivity index (χ4n) is 1.66. The van der Waals surface area contributed by atoms with Gasteiger partial charge in [-0.15, -0.1) is 0 Å². The van der Waals surface area contributed by atoms with Crippen LogP contribution in [0, 0.1) is 0 Å². The zero-order valence-electron chi connectivity index (χ0n) is 9.97. The highest BCUT2D eigenvalue weighted by molar-refractivity contribution is 5.89. The van der Waals surface area contributed by atoms with E-state index in [0.717, 1.165) is 0 Å². The number of carboxylic acid groups (broad SMARTS) is 1. The summed E-state index contributed by atoms with van der Waals surface area (Å²) in [5.74, 6) is -1.30. The monoisotopic (exact) mass is 236 g/mol. The number of aromatic carboxylic acids is 1. The summed E-state index contributed by atoms with van der Waals surface area (Å²) < 4.78 is 5.11. The van der Waals surface area contributed by atoms with E-state index >= 15 is 0 Å². The minimum atomic E-state index is -0.960. The second-order valence-electron chi connectivity index (χ2n) is 3.81. The van der Waals surface area contributed by atoms with E-state index in [9.17, 15) is 9.59 Å². The number of rotatable bonds is 5. The lowest BCUT2D eigenvalue weighted by Gasteiger charge is -2.16. The van der Waals surface area contributed by atoms with Gasteiger partial charge in [-0.1, -0.05) is 25.1 Å². The minimum Gasteiger partial charge on any atom is -0.478 e. The van der Waals surface area contributed by atoms with Crippen molar-refractivity contribution in [1.82, 2.24) is 0 Å². The van der Waals surface area contributed by atoms with Gasteiger partial charge in [0.1, 0.15) is 6.10 Å². The number of hydrogen-bond acceptors (Lipinski definition) is 3. The van der Waals surface area contributed by atoms with E-state index < -0.39 is 5.97 Å². The fourth-order valence-corrected chi connectivity index (χ4v) is 1.66. The minimum absolute atomic E-state index is 0.262. The first kappa shape index (κ1) is 13.2. The van der Waals surface area contributed by atoms with Crippen molar-refractivity contribution in [2.45, 2.75) is 32.8 Å². The molecule has 0 saturated carbocycles. The Morgan fingerprint density at radius 3 is 2.53 bits per heavy atom. The molecule has 4 heteroatoms. The van der Waals surface area contributed by atoms with Crippen LogP contribution in [0.1, 0.15) is 36.2 Å². The van der Waals surface area contributed by atoms with Crippen LogP contribution in [0.3, 0.4) is 0 Å². The molecule has 0 aromatic heterocycles. The van der Waals surface area contributed by atoms with E-state index in [1.165, 1.54) is 6.92 Å². The molecule has 0 spiro atoms. The van der Waals surface area contributed by atoms with E-state index in [-0.39, 0.29) is 17.6 Å². The molecule has 17 heavy (non-hydrogen) atoms. The summed E-state index contributed by atoms with van der Waals surface area (Å²) in [7, 11) is 0. The van der Waals surface area contributed by atoms with Gasteiger partial charge in [-0.3, -0.25) is 4.79 Å². The van der Waals surface area contributed by atoms with Crippen molar-refractivity contribution < 1.29 is 19.4 Å². The lowest BCUT2D eigenvalue weighted by Crippen LogP contribution is -2.19. The van der Waals surface area contributed by atoms with Crippen LogP contribution in [0.15, 0.2) is 24.3 Å². The first-order valence-corrected chi connectivity index (χ1v) is 5.53. The third-order valence-corrected chi connectivity index (χ3v) is 2.48. The molecule has 0 amide bonds. The summed E-state index contributed by atoms with van der Waals surface area (Å²) in [5, 5.41) is 9.03. The van der Waals surface area contributed by atoms with E-state index in [4.69, 9.17) is 9.84 Å². The lowest BCUT2D eigenvalue weighted by atomic mass is 10.0. The van der Waals surface area contributed by atoms with Crippen LogP contribution in [0.2, 0.25) is 0 Å². The summed E-state index contributed by atoms with van der Waals surface area (Å²) in [6.45, 7) is 3.25. The number of carbonyl (C=O) groups is 2. The third-order valence-electron chi connectivity index (χ3n) is 2.48. The Balaban J connectivity index is 2.85. The average Bonchev–Trinajstić information content (AvgIpc) is 2.28. The SMILES string of the molecule is CCC(Cc1ccccc1C(=O)O)OC(C)=O. The van der Waals surface area contributed by atoms with Crippen molar-refractivity contribution in [3.63, 3.8) is 0 Å². The molecule has 0 bridgehead atoms. The highest BCUT2D eigenvalue weighted by Crippen LogP contribution is 2.14. The van der Waals surface area contributed by atoms with Crippen LogP contribution in [0.5, 0.6) is 0 Å². The molecular formula is C13H16O4. The summed E-state index contributed by atoms with van der Waals surface area (Å²) in [4.78, 5) is 21.9. The van der Waals surface area contributed by atoms with Gasteiger partial charge in [0.25, 0.3) is 0 Å². The van der Waals surface area contributed by atoms with Gasteiger partial charge in [0.2, 0.25) is 0 Å². The predicted octanol–water partition coefficient (Wildman–Crippen LogP) is 2.27. The molecule has 1 rings (SSSR count). The van der Waals surface area contributed by atoms with Crippen molar-refractivity contribution in [1.29, 1.82) is 0 Å². The third kappa shape index (κ3) is 3.90. The van der Waals surface area contributed by atoms with Crippen molar-refractivity contribution in [2.75, 3.05) is 0 Å². The molecule has 92 valence electrons. The second kappa shape index (κ2) is 6.03. The molecule has 0 heterocycles. The summed E-state index contributed by atoms with van der Waals surface area (Å²) in [6.07, 6.45) is 0.819. The van der Waals surface area contributed by atoms with E-state index in [1.54, 1.807) is 24.3 Å². The Bertz CT molecular complexity index is 412. The number of benzene rings is 1. The number of esters is 1. The van der Waals surface area contributed by atoms with E-state index in [1.807, 2.05) is 6.92 Å². The van der Waals surface area contributed by atoms with Crippen LogP contribution in [0.4, 0.5) is 0 Å². The van der Waals surface area contributed by atoms with Gasteiger partial charge in [0, 0.05) is 13.3 Å². The van der Waals surface area contributed by atoms with Gasteiger partial charge in [-0.05, 0) is 18.1 Å². The smallest absolute Gasteiger partial charge is 0.335 e. The van der Waals surface area contributed by atoms with Crippen molar-refractivity contribution in [2.24, 2.45) is 0 Å². The Hall–Kier alpha value is -1.84. The largest absolute Gasteiger partial charge is 0.478 e. The Kier molecular flexibility index (Phi) is 4.69. The zero-order valence-corrected chi connectivity index (χ0v) is 9.97. The van der Waals surface area contributed by atoms with Crippen molar-refractivity contribution in [3.8, 4) is 0 Å². The quantitative estimate of drug-likeness (QED) is 0.796. The highest BCUT2D eigenvalue weighted by Gasteiger charge is 2.15. The number of carboxylic acids is 1. The summed E-state index contributed by atoms with van der Waals surface area (Å²) >= 11 is 0. The summed E-state index contributed by atoms with van der Waals surface area (Å²) in [6, 6.07) is 6.76. The number of hydrogen-bond donors (Lipinski definition) is 1. The van der Waals surface area contributed by atoms with Crippen LogP contribution < -0.4 is 0 Å². The molecule has 1 aromatic carbocycles.